The van der Waals surface area contributed by atoms with Crippen molar-refractivity contribution < 1.29 is 17.9 Å². The van der Waals surface area contributed by atoms with Gasteiger partial charge in [-0.15, -0.1) is 6.58 Å². The second-order valence-electron chi connectivity index (χ2n) is 4.77. The second-order valence-corrected chi connectivity index (χ2v) is 4.77. The lowest BCUT2D eigenvalue weighted by molar-refractivity contribution is -0.0635. The summed E-state index contributed by atoms with van der Waals surface area (Å²) in [7, 11) is 1.37. The van der Waals surface area contributed by atoms with Crippen LogP contribution in [0.25, 0.3) is 0 Å². The molecule has 0 radical (unpaired) electrons. The highest BCUT2D eigenvalue weighted by atomic mass is 19.3. The minimum absolute atomic E-state index is 0.0149. The Kier molecular flexibility index (Phi) is 10.3. The Hall–Kier alpha value is -1.54. The van der Waals surface area contributed by atoms with Gasteiger partial charge in [0.2, 0.25) is 0 Å². The summed E-state index contributed by atoms with van der Waals surface area (Å²) in [6, 6.07) is -0.206. The van der Waals surface area contributed by atoms with Gasteiger partial charge in [-0.05, 0) is 19.4 Å². The largest absolute Gasteiger partial charge is 0.370 e. The van der Waals surface area contributed by atoms with E-state index in [1.54, 1.807) is 19.9 Å². The first-order valence-electron chi connectivity index (χ1n) is 6.94. The number of amidine groups is 1. The van der Waals surface area contributed by atoms with Crippen LogP contribution in [0.2, 0.25) is 0 Å². The standard InChI is InChI=1S/C14H25F3N4O/c1-5-6-12(22-9-11(7-15)8-18)21(10(2)3)20-14(19-4)13(16)17/h5,7,10,12-13H,1,6,8-9,18H2,2-4H3,(H,19,20)/b11-7+. The Morgan fingerprint density at radius 2 is 2.09 bits per heavy atom. The van der Waals surface area contributed by atoms with E-state index in [1.165, 1.54) is 12.1 Å². The number of nitrogens with zero attached hydrogens (tertiary/aromatic N) is 2. The smallest absolute Gasteiger partial charge is 0.296 e. The van der Waals surface area contributed by atoms with E-state index in [0.717, 1.165) is 0 Å². The van der Waals surface area contributed by atoms with Gasteiger partial charge >= 0.3 is 0 Å². The quantitative estimate of drug-likeness (QED) is 0.213. The fourth-order valence-corrected chi connectivity index (χ4v) is 1.57. The van der Waals surface area contributed by atoms with Crippen LogP contribution in [0.3, 0.4) is 0 Å². The van der Waals surface area contributed by atoms with Crippen molar-refractivity contribution in [1.29, 1.82) is 0 Å². The van der Waals surface area contributed by atoms with E-state index in [1.807, 2.05) is 0 Å². The van der Waals surface area contributed by atoms with E-state index in [-0.39, 0.29) is 24.8 Å². The second kappa shape index (κ2) is 11.1. The van der Waals surface area contributed by atoms with Crippen LogP contribution >= 0.6 is 0 Å². The summed E-state index contributed by atoms with van der Waals surface area (Å²) in [5.74, 6) is -0.466. The highest BCUT2D eigenvalue weighted by molar-refractivity contribution is 5.84. The minimum Gasteiger partial charge on any atom is -0.370 e. The van der Waals surface area contributed by atoms with E-state index in [2.05, 4.69) is 17.0 Å². The molecular weight excluding hydrogens is 297 g/mol. The lowest BCUT2D eigenvalue weighted by Gasteiger charge is -2.32. The van der Waals surface area contributed by atoms with Gasteiger partial charge in [0, 0.05) is 26.1 Å². The molecule has 0 aromatic heterocycles. The summed E-state index contributed by atoms with van der Waals surface area (Å²) in [4.78, 5) is 0. The fraction of sp³-hybridized carbons (Fsp3) is 0.643. The molecule has 0 aliphatic carbocycles. The van der Waals surface area contributed by atoms with Crippen LogP contribution in [0.4, 0.5) is 13.2 Å². The number of alkyl halides is 2. The summed E-state index contributed by atoms with van der Waals surface area (Å²) in [5.41, 5.74) is 5.63. The number of hydrogen-bond acceptors (Lipinski definition) is 4. The first-order chi connectivity index (χ1) is 10.4. The van der Waals surface area contributed by atoms with Gasteiger partial charge in [-0.25, -0.2) is 13.2 Å². The third-order valence-electron chi connectivity index (χ3n) is 2.76. The first-order valence-corrected chi connectivity index (χ1v) is 6.94. The normalized spacial score (nSPS) is 14.4. The maximum atomic E-state index is 12.8. The van der Waals surface area contributed by atoms with Gasteiger partial charge in [-0.1, -0.05) is 6.08 Å². The monoisotopic (exact) mass is 322 g/mol. The summed E-state index contributed by atoms with van der Waals surface area (Å²) in [6.07, 6.45) is -1.08. The Morgan fingerprint density at radius 3 is 2.45 bits per heavy atom. The minimum atomic E-state index is -2.74. The van der Waals surface area contributed by atoms with Crippen LogP contribution in [0.5, 0.6) is 0 Å². The lowest BCUT2D eigenvalue weighted by Crippen LogP contribution is -2.41. The van der Waals surface area contributed by atoms with Crippen molar-refractivity contribution in [3.05, 3.63) is 24.6 Å². The highest BCUT2D eigenvalue weighted by Crippen LogP contribution is 2.14. The molecule has 0 amide bonds. The number of rotatable bonds is 10. The first kappa shape index (κ1) is 20.5. The number of nitrogens with one attached hydrogen (secondary N) is 1. The van der Waals surface area contributed by atoms with Crippen molar-refractivity contribution in [1.82, 2.24) is 10.3 Å². The van der Waals surface area contributed by atoms with Gasteiger partial charge in [-0.2, -0.15) is 5.10 Å². The molecule has 0 aliphatic heterocycles. The molecule has 0 saturated carbocycles. The summed E-state index contributed by atoms with van der Waals surface area (Å²) < 4.78 is 43.8. The Morgan fingerprint density at radius 1 is 1.45 bits per heavy atom. The van der Waals surface area contributed by atoms with Crippen molar-refractivity contribution >= 4 is 5.84 Å². The van der Waals surface area contributed by atoms with Crippen LogP contribution in [-0.4, -0.2) is 49.7 Å². The van der Waals surface area contributed by atoms with Crippen molar-refractivity contribution in [3.8, 4) is 0 Å². The van der Waals surface area contributed by atoms with E-state index in [4.69, 9.17) is 10.5 Å². The van der Waals surface area contributed by atoms with Gasteiger partial charge in [0.15, 0.2) is 5.84 Å². The van der Waals surface area contributed by atoms with Gasteiger partial charge in [0.1, 0.15) is 6.23 Å². The third-order valence-corrected chi connectivity index (χ3v) is 2.76. The van der Waals surface area contributed by atoms with Gasteiger partial charge < -0.3 is 15.8 Å². The molecule has 1 unspecified atom stereocenters. The van der Waals surface area contributed by atoms with Gasteiger partial charge in [0.25, 0.3) is 6.43 Å². The van der Waals surface area contributed by atoms with Crippen LogP contribution in [-0.2, 0) is 4.74 Å². The molecule has 0 heterocycles. The fourth-order valence-electron chi connectivity index (χ4n) is 1.57. The molecule has 22 heavy (non-hydrogen) atoms. The molecule has 1 atom stereocenters. The molecule has 128 valence electrons. The summed E-state index contributed by atoms with van der Waals surface area (Å²) in [5, 5.41) is 7.67. The zero-order chi connectivity index (χ0) is 17.1. The van der Waals surface area contributed by atoms with E-state index in [0.29, 0.717) is 12.8 Å². The highest BCUT2D eigenvalue weighted by Gasteiger charge is 2.22. The van der Waals surface area contributed by atoms with Crippen molar-refractivity contribution in [2.75, 3.05) is 20.2 Å². The number of hydrogen-bond donors (Lipinski definition) is 2. The number of ether oxygens (including phenoxy) is 1. The Labute approximate surface area is 129 Å². The zero-order valence-corrected chi connectivity index (χ0v) is 13.2. The van der Waals surface area contributed by atoms with Crippen LogP contribution in [0, 0.1) is 0 Å². The van der Waals surface area contributed by atoms with Gasteiger partial charge in [-0.3, -0.25) is 5.01 Å². The van der Waals surface area contributed by atoms with Crippen molar-refractivity contribution in [2.24, 2.45) is 10.8 Å². The number of halogens is 3. The van der Waals surface area contributed by atoms with Gasteiger partial charge in [0.05, 0.1) is 12.9 Å². The molecule has 3 N–H and O–H groups in total. The maximum Gasteiger partial charge on any atom is 0.296 e. The molecular formula is C14H25F3N4O. The predicted octanol–water partition coefficient (Wildman–Crippen LogP) is 2.23. The van der Waals surface area contributed by atoms with E-state index < -0.39 is 18.5 Å². The van der Waals surface area contributed by atoms with E-state index in [9.17, 15) is 13.2 Å². The third kappa shape index (κ3) is 6.95. The molecule has 8 heteroatoms. The molecule has 5 nitrogen and oxygen atoms in total. The van der Waals surface area contributed by atoms with Crippen molar-refractivity contribution in [3.63, 3.8) is 0 Å². The molecule has 0 aromatic rings. The van der Waals surface area contributed by atoms with E-state index >= 15 is 0 Å². The number of hydrazone groups is 1. The molecule has 0 aromatic carbocycles. The Bertz CT molecular complexity index is 386. The summed E-state index contributed by atoms with van der Waals surface area (Å²) >= 11 is 0. The topological polar surface area (TPSA) is 62.9 Å². The number of nitrogens with two attached hydrogens (primary N) is 1. The zero-order valence-electron chi connectivity index (χ0n) is 13.2. The maximum absolute atomic E-state index is 12.8. The molecule has 0 saturated heterocycles. The van der Waals surface area contributed by atoms with Crippen molar-refractivity contribution in [2.45, 2.75) is 39.0 Å². The predicted molar refractivity (Wildman–Crippen MR) is 82.3 cm³/mol. The van der Waals surface area contributed by atoms with Crippen LogP contribution < -0.4 is 11.1 Å². The molecule has 0 fully saturated rings. The van der Waals surface area contributed by atoms with Crippen LogP contribution in [0.1, 0.15) is 20.3 Å². The lowest BCUT2D eigenvalue weighted by atomic mass is 10.3. The Balaban J connectivity index is 5.22. The molecule has 0 aliphatic rings. The molecule has 0 spiro atoms. The van der Waals surface area contributed by atoms with Crippen LogP contribution in [0.15, 0.2) is 29.7 Å². The summed E-state index contributed by atoms with van der Waals surface area (Å²) in [6.45, 7) is 7.16. The SMILES string of the molecule is C=CCC(OC/C(=C/F)CN)N(/N=C(\NC)C(F)F)C(C)C. The average molecular weight is 322 g/mol. The molecule has 0 bridgehead atoms. The average Bonchev–Trinajstić information content (AvgIpc) is 2.47. The molecule has 0 rings (SSSR count).